The first-order chi connectivity index (χ1) is 19.7. The number of anilines is 1. The van der Waals surface area contributed by atoms with E-state index in [1.807, 2.05) is 6.07 Å². The van der Waals surface area contributed by atoms with E-state index in [0.29, 0.717) is 71.6 Å². The largest absolute Gasteiger partial charge is 0.383 e. The van der Waals surface area contributed by atoms with Crippen LogP contribution in [0.4, 0.5) is 14.6 Å². The molecule has 2 fully saturated rings. The number of halogens is 2. The number of nitriles is 1. The molecule has 0 bridgehead atoms. The van der Waals surface area contributed by atoms with Crippen molar-refractivity contribution in [3.8, 4) is 11.2 Å². The number of hydrogen-bond acceptors (Lipinski definition) is 11. The molecule has 1 aliphatic carbocycles. The van der Waals surface area contributed by atoms with Crippen molar-refractivity contribution in [1.82, 2.24) is 34.4 Å². The van der Waals surface area contributed by atoms with Gasteiger partial charge in [-0.05, 0) is 31.9 Å². The Morgan fingerprint density at radius 2 is 2.07 bits per heavy atom. The third-order valence-corrected chi connectivity index (χ3v) is 10.0. The van der Waals surface area contributed by atoms with Gasteiger partial charge in [0.25, 0.3) is 6.43 Å². The number of aromatic nitrogens is 5. The van der Waals surface area contributed by atoms with Gasteiger partial charge >= 0.3 is 0 Å². The van der Waals surface area contributed by atoms with E-state index in [2.05, 4.69) is 41.6 Å². The van der Waals surface area contributed by atoms with Crippen LogP contribution in [0.2, 0.25) is 0 Å². The summed E-state index contributed by atoms with van der Waals surface area (Å²) in [6.07, 6.45) is -0.533. The van der Waals surface area contributed by atoms with Crippen LogP contribution in [0, 0.1) is 11.3 Å². The molecule has 12 nitrogen and oxygen atoms in total. The summed E-state index contributed by atoms with van der Waals surface area (Å²) in [6, 6.07) is 6.82. The first-order valence-corrected chi connectivity index (χ1v) is 15.3. The molecule has 2 aliphatic rings. The Hall–Kier alpha value is -3.36. The molecule has 1 aliphatic heterocycles. The molecule has 1 aromatic carbocycles. The number of benzene rings is 1. The molecule has 0 radical (unpaired) electrons. The molecular weight excluding hydrogens is 576 g/mol. The number of nitrogens with zero attached hydrogens (tertiary/aromatic N) is 8. The maximum atomic E-state index is 13.5. The Balaban J connectivity index is 1.50. The molecular formula is C25H27F2N9O3S2. The second kappa shape index (κ2) is 10.5. The summed E-state index contributed by atoms with van der Waals surface area (Å²) >= 11 is 0.705. The average molecular weight is 604 g/mol. The highest BCUT2D eigenvalue weighted by atomic mass is 32.2. The van der Waals surface area contributed by atoms with Crippen LogP contribution < -0.4 is 9.62 Å². The van der Waals surface area contributed by atoms with E-state index in [-0.39, 0.29) is 16.1 Å². The van der Waals surface area contributed by atoms with Crippen molar-refractivity contribution < 1.29 is 21.9 Å². The van der Waals surface area contributed by atoms with Crippen LogP contribution in [0.25, 0.3) is 27.1 Å². The fourth-order valence-electron chi connectivity index (χ4n) is 5.21. The quantitative estimate of drug-likeness (QED) is 0.303. The zero-order chi connectivity index (χ0) is 28.9. The van der Waals surface area contributed by atoms with E-state index in [1.165, 1.54) is 18.5 Å². The second-order valence-corrected chi connectivity index (χ2v) is 12.9. The number of hydrogen-bond donors (Lipinski definition) is 1. The van der Waals surface area contributed by atoms with Crippen LogP contribution in [0.15, 0.2) is 29.4 Å². The van der Waals surface area contributed by atoms with E-state index < -0.39 is 27.0 Å². The predicted molar refractivity (Wildman–Crippen MR) is 148 cm³/mol. The van der Waals surface area contributed by atoms with Gasteiger partial charge in [0.2, 0.25) is 15.2 Å². The molecule has 6 rings (SSSR count). The summed E-state index contributed by atoms with van der Waals surface area (Å²) in [5.74, 6) is 0.658. The Labute approximate surface area is 238 Å². The molecule has 1 atom stereocenters. The van der Waals surface area contributed by atoms with Crippen molar-refractivity contribution in [3.05, 3.63) is 29.5 Å². The molecule has 0 spiro atoms. The van der Waals surface area contributed by atoms with Crippen molar-refractivity contribution in [1.29, 1.82) is 5.26 Å². The van der Waals surface area contributed by atoms with Gasteiger partial charge in [0.15, 0.2) is 10.7 Å². The van der Waals surface area contributed by atoms with Gasteiger partial charge in [-0.15, -0.1) is 10.2 Å². The van der Waals surface area contributed by atoms with E-state index in [1.54, 1.807) is 17.7 Å². The lowest BCUT2D eigenvalue weighted by atomic mass is 10.1. The van der Waals surface area contributed by atoms with E-state index in [4.69, 9.17) is 4.74 Å². The lowest BCUT2D eigenvalue weighted by Crippen LogP contribution is -2.53. The number of ether oxygens (including phenoxy) is 1. The fraction of sp³-hybridized carbons (Fsp3) is 0.480. The lowest BCUT2D eigenvalue weighted by molar-refractivity contribution is 0.117. The van der Waals surface area contributed by atoms with Crippen LogP contribution in [0.5, 0.6) is 0 Å². The maximum absolute atomic E-state index is 13.5. The Bertz CT molecular complexity index is 1770. The molecule has 16 heteroatoms. The minimum absolute atomic E-state index is 0.0657. The second-order valence-electron chi connectivity index (χ2n) is 10.3. The molecule has 4 aromatic rings. The smallest absolute Gasteiger partial charge is 0.291 e. The third kappa shape index (κ3) is 5.01. The third-order valence-electron chi connectivity index (χ3n) is 7.56. The zero-order valence-corrected chi connectivity index (χ0v) is 23.9. The first-order valence-electron chi connectivity index (χ1n) is 13.0. The Morgan fingerprint density at radius 1 is 1.27 bits per heavy atom. The monoisotopic (exact) mass is 603 g/mol. The summed E-state index contributed by atoms with van der Waals surface area (Å²) < 4.78 is 62.7. The van der Waals surface area contributed by atoms with Gasteiger partial charge in [-0.2, -0.15) is 9.98 Å². The lowest BCUT2D eigenvalue weighted by Gasteiger charge is -2.40. The molecule has 1 saturated heterocycles. The molecule has 216 valence electrons. The topological polar surface area (TPSA) is 142 Å². The average Bonchev–Trinajstić information content (AvgIpc) is 3.39. The highest BCUT2D eigenvalue weighted by Crippen LogP contribution is 2.40. The van der Waals surface area contributed by atoms with Crippen molar-refractivity contribution in [2.75, 3.05) is 44.8 Å². The minimum atomic E-state index is -4.06. The maximum Gasteiger partial charge on any atom is 0.291 e. The molecule has 1 saturated carbocycles. The normalized spacial score (nSPS) is 19.3. The van der Waals surface area contributed by atoms with Gasteiger partial charge in [-0.1, -0.05) is 17.4 Å². The summed E-state index contributed by atoms with van der Waals surface area (Å²) in [5, 5.41) is 18.0. The predicted octanol–water partition coefficient (Wildman–Crippen LogP) is 2.85. The fourth-order valence-corrected chi connectivity index (χ4v) is 7.32. The number of nitrogens with one attached hydrogen (secondary N) is 1. The molecule has 41 heavy (non-hydrogen) atoms. The van der Waals surface area contributed by atoms with Crippen LogP contribution >= 0.6 is 11.3 Å². The van der Waals surface area contributed by atoms with Crippen molar-refractivity contribution >= 4 is 49.1 Å². The summed E-state index contributed by atoms with van der Waals surface area (Å²) in [6.45, 7) is 5.74. The molecule has 1 unspecified atom stereocenters. The Morgan fingerprint density at radius 3 is 2.73 bits per heavy atom. The van der Waals surface area contributed by atoms with Gasteiger partial charge in [0.05, 0.1) is 28.5 Å². The number of piperazine rings is 1. The van der Waals surface area contributed by atoms with Gasteiger partial charge in [-0.3, -0.25) is 9.47 Å². The van der Waals surface area contributed by atoms with Gasteiger partial charge in [-0.25, -0.2) is 27.2 Å². The van der Waals surface area contributed by atoms with E-state index in [0.717, 1.165) is 13.1 Å². The molecule has 3 aromatic heterocycles. The van der Waals surface area contributed by atoms with E-state index >= 15 is 0 Å². The highest BCUT2D eigenvalue weighted by molar-refractivity contribution is 7.89. The van der Waals surface area contributed by atoms with Crippen LogP contribution in [0.1, 0.15) is 31.2 Å². The summed E-state index contributed by atoms with van der Waals surface area (Å²) in [4.78, 5) is 13.5. The van der Waals surface area contributed by atoms with Crippen LogP contribution in [-0.2, 0) is 14.8 Å². The zero-order valence-electron chi connectivity index (χ0n) is 22.3. The number of rotatable bonds is 9. The standard InChI is InChI=1S/C25H27F2N9O3S2/c1-15-12-35(8-7-34(15)9-10-39-2)21-19-17-4-3-16(41(37,38)33-25(13-28)5-6-25)11-18(17)36(22(19)30-14-29-21)24-32-31-23(40-24)20(26)27/h3-4,11,14-15,20,33H,5-10,12H2,1-2H3. The van der Waals surface area contributed by atoms with E-state index in [9.17, 15) is 22.5 Å². The summed E-state index contributed by atoms with van der Waals surface area (Å²) in [5.41, 5.74) is -0.308. The number of fused-ring (bicyclic) bond motifs is 3. The number of methoxy groups -OCH3 is 1. The molecule has 4 heterocycles. The van der Waals surface area contributed by atoms with Crippen LogP contribution in [0.3, 0.4) is 0 Å². The Kier molecular flexibility index (Phi) is 7.10. The van der Waals surface area contributed by atoms with Crippen molar-refractivity contribution in [3.63, 3.8) is 0 Å². The summed E-state index contributed by atoms with van der Waals surface area (Å²) in [7, 11) is -2.38. The first kappa shape index (κ1) is 27.8. The minimum Gasteiger partial charge on any atom is -0.383 e. The van der Waals surface area contributed by atoms with Gasteiger partial charge in [0, 0.05) is 44.7 Å². The van der Waals surface area contributed by atoms with Crippen LogP contribution in [-0.4, -0.2) is 89.5 Å². The molecule has 1 N–H and O–H groups in total. The van der Waals surface area contributed by atoms with Gasteiger partial charge in [0.1, 0.15) is 17.7 Å². The highest BCUT2D eigenvalue weighted by Gasteiger charge is 2.47. The SMILES string of the molecule is COCCN1CCN(c2ncnc3c2c2ccc(S(=O)(=O)NC4(C#N)CC4)cc2n3-c2nnc(C(F)F)s2)CC1C. The van der Waals surface area contributed by atoms with Crippen molar-refractivity contribution in [2.24, 2.45) is 0 Å². The number of sulfonamides is 1. The molecule has 0 amide bonds. The van der Waals surface area contributed by atoms with Gasteiger partial charge < -0.3 is 9.64 Å². The number of alkyl halides is 2. The van der Waals surface area contributed by atoms with Crippen molar-refractivity contribution in [2.45, 2.75) is 42.7 Å².